The lowest BCUT2D eigenvalue weighted by molar-refractivity contribution is 0.230. The molecule has 0 bridgehead atoms. The lowest BCUT2D eigenvalue weighted by atomic mass is 10.2. The van der Waals surface area contributed by atoms with E-state index >= 15 is 0 Å². The van der Waals surface area contributed by atoms with Crippen LogP contribution < -0.4 is 0 Å². The Bertz CT molecular complexity index is 544. The van der Waals surface area contributed by atoms with Crippen LogP contribution in [0.1, 0.15) is 43.3 Å². The predicted molar refractivity (Wildman–Crippen MR) is 69.2 cm³/mol. The number of rotatable bonds is 4. The van der Waals surface area contributed by atoms with E-state index in [9.17, 15) is 0 Å². The van der Waals surface area contributed by atoms with Crippen molar-refractivity contribution in [2.24, 2.45) is 0 Å². The number of nitrogens with zero attached hydrogens (tertiary/aromatic N) is 6. The van der Waals surface area contributed by atoms with Gasteiger partial charge in [0.15, 0.2) is 5.82 Å². The molecule has 0 unspecified atom stereocenters. The average Bonchev–Trinajstić information content (AvgIpc) is 3.10. The summed E-state index contributed by atoms with van der Waals surface area (Å²) < 4.78 is 1.94. The molecule has 102 valence electrons. The molecule has 1 aliphatic rings. The minimum Gasteiger partial charge on any atom is -0.286 e. The minimum absolute atomic E-state index is 0.298. The van der Waals surface area contributed by atoms with Crippen molar-refractivity contribution < 1.29 is 0 Å². The topological polar surface area (TPSA) is 75.5 Å². The molecule has 1 fully saturated rings. The van der Waals surface area contributed by atoms with Gasteiger partial charge in [0.25, 0.3) is 0 Å². The van der Waals surface area contributed by atoms with Crippen molar-refractivity contribution in [3.63, 3.8) is 0 Å². The van der Waals surface area contributed by atoms with Crippen LogP contribution in [0.15, 0.2) is 6.33 Å². The third-order valence-electron chi connectivity index (χ3n) is 3.62. The molecule has 0 aliphatic carbocycles. The van der Waals surface area contributed by atoms with Crippen LogP contribution in [0.4, 0.5) is 0 Å². The van der Waals surface area contributed by atoms with Gasteiger partial charge in [-0.25, -0.2) is 14.6 Å². The molecule has 0 radical (unpaired) electrons. The van der Waals surface area contributed by atoms with E-state index in [1.54, 1.807) is 6.33 Å². The highest BCUT2D eigenvalue weighted by atomic mass is 15.4. The highest BCUT2D eigenvalue weighted by Crippen LogP contribution is 2.30. The Kier molecular flexibility index (Phi) is 3.29. The molecule has 2 aromatic heterocycles. The number of nitrogens with one attached hydrogen (secondary N) is 1. The smallest absolute Gasteiger partial charge is 0.167 e. The van der Waals surface area contributed by atoms with Crippen molar-refractivity contribution in [3.05, 3.63) is 23.8 Å². The third-order valence-corrected chi connectivity index (χ3v) is 3.62. The second kappa shape index (κ2) is 5.08. The second-order valence-electron chi connectivity index (χ2n) is 4.90. The molecule has 1 saturated heterocycles. The first-order chi connectivity index (χ1) is 9.28. The highest BCUT2D eigenvalue weighted by molar-refractivity contribution is 5.00. The molecule has 2 aromatic rings. The Morgan fingerprint density at radius 3 is 3.11 bits per heavy atom. The van der Waals surface area contributed by atoms with E-state index in [-0.39, 0.29) is 0 Å². The van der Waals surface area contributed by atoms with E-state index < -0.39 is 0 Å². The van der Waals surface area contributed by atoms with E-state index in [4.69, 9.17) is 0 Å². The third kappa shape index (κ3) is 2.37. The summed E-state index contributed by atoms with van der Waals surface area (Å²) in [6.45, 7) is 6.75. The summed E-state index contributed by atoms with van der Waals surface area (Å²) in [5, 5.41) is 11.4. The van der Waals surface area contributed by atoms with Crippen molar-refractivity contribution in [2.75, 3.05) is 6.54 Å². The van der Waals surface area contributed by atoms with Crippen molar-refractivity contribution >= 4 is 0 Å². The summed E-state index contributed by atoms with van der Waals surface area (Å²) in [4.78, 5) is 11.2. The first-order valence-electron chi connectivity index (χ1n) is 6.77. The van der Waals surface area contributed by atoms with Gasteiger partial charge < -0.3 is 0 Å². The van der Waals surface area contributed by atoms with E-state index in [1.807, 2.05) is 11.6 Å². The first kappa shape index (κ1) is 12.3. The fraction of sp³-hybridized carbons (Fsp3) is 0.667. The van der Waals surface area contributed by atoms with Crippen molar-refractivity contribution in [2.45, 2.75) is 45.8 Å². The Labute approximate surface area is 112 Å². The summed E-state index contributed by atoms with van der Waals surface area (Å²) in [6, 6.07) is 0.298. The number of aromatic amines is 1. The van der Waals surface area contributed by atoms with E-state index in [2.05, 4.69) is 37.1 Å². The Hall–Kier alpha value is -1.76. The summed E-state index contributed by atoms with van der Waals surface area (Å²) in [5.41, 5.74) is 0. The Morgan fingerprint density at radius 2 is 2.37 bits per heavy atom. The van der Waals surface area contributed by atoms with Crippen molar-refractivity contribution in [1.29, 1.82) is 0 Å². The van der Waals surface area contributed by atoms with Crippen LogP contribution in [0, 0.1) is 6.92 Å². The standard InChI is InChI=1S/C12H19N7/c1-3-19-11(13-8-14-19)7-18-6-4-5-10(18)12-15-9(2)16-17-12/h8,10H,3-7H2,1-2H3,(H,15,16,17)/t10-/m1/s1. The molecular weight excluding hydrogens is 242 g/mol. The van der Waals surface area contributed by atoms with Crippen LogP contribution in [0.5, 0.6) is 0 Å². The van der Waals surface area contributed by atoms with Gasteiger partial charge in [-0.2, -0.15) is 10.2 Å². The maximum absolute atomic E-state index is 4.46. The summed E-state index contributed by atoms with van der Waals surface area (Å²) >= 11 is 0. The van der Waals surface area contributed by atoms with Gasteiger partial charge in [-0.3, -0.25) is 10.00 Å². The van der Waals surface area contributed by atoms with Gasteiger partial charge in [0.05, 0.1) is 12.6 Å². The largest absolute Gasteiger partial charge is 0.286 e. The molecule has 1 N–H and O–H groups in total. The lowest BCUT2D eigenvalue weighted by Crippen LogP contribution is -2.25. The van der Waals surface area contributed by atoms with Crippen LogP contribution in [0.25, 0.3) is 0 Å². The van der Waals surface area contributed by atoms with Gasteiger partial charge >= 0.3 is 0 Å². The zero-order chi connectivity index (χ0) is 13.2. The highest BCUT2D eigenvalue weighted by Gasteiger charge is 2.29. The summed E-state index contributed by atoms with van der Waals surface area (Å²) in [5.74, 6) is 2.79. The number of hydrogen-bond acceptors (Lipinski definition) is 5. The molecule has 1 aliphatic heterocycles. The zero-order valence-electron chi connectivity index (χ0n) is 11.4. The zero-order valence-corrected chi connectivity index (χ0v) is 11.4. The Morgan fingerprint density at radius 1 is 1.47 bits per heavy atom. The van der Waals surface area contributed by atoms with E-state index in [1.165, 1.54) is 6.42 Å². The summed E-state index contributed by atoms with van der Waals surface area (Å²) in [6.07, 6.45) is 3.91. The van der Waals surface area contributed by atoms with Crippen LogP contribution in [0.2, 0.25) is 0 Å². The maximum Gasteiger partial charge on any atom is 0.167 e. The number of likely N-dealkylation sites (tertiary alicyclic amines) is 1. The average molecular weight is 261 g/mol. The Balaban J connectivity index is 1.76. The predicted octanol–water partition coefficient (Wildman–Crippen LogP) is 1.06. The second-order valence-corrected chi connectivity index (χ2v) is 4.90. The van der Waals surface area contributed by atoms with Crippen LogP contribution >= 0.6 is 0 Å². The fourth-order valence-electron chi connectivity index (χ4n) is 2.67. The quantitative estimate of drug-likeness (QED) is 0.890. The summed E-state index contributed by atoms with van der Waals surface area (Å²) in [7, 11) is 0. The maximum atomic E-state index is 4.46. The molecule has 0 aromatic carbocycles. The van der Waals surface area contributed by atoms with Crippen molar-refractivity contribution in [1.82, 2.24) is 34.8 Å². The molecule has 7 heteroatoms. The van der Waals surface area contributed by atoms with Crippen molar-refractivity contribution in [3.8, 4) is 0 Å². The lowest BCUT2D eigenvalue weighted by Gasteiger charge is -2.21. The molecular formula is C12H19N7. The SMILES string of the molecule is CCn1ncnc1CN1CCC[C@@H]1c1n[nH]c(C)n1. The molecule has 0 amide bonds. The monoisotopic (exact) mass is 261 g/mol. The van der Waals surface area contributed by atoms with Gasteiger partial charge in [0.1, 0.15) is 18.0 Å². The molecule has 3 heterocycles. The fourth-order valence-corrected chi connectivity index (χ4v) is 2.67. The number of hydrogen-bond donors (Lipinski definition) is 1. The molecule has 0 saturated carbocycles. The van der Waals surface area contributed by atoms with Gasteiger partial charge in [-0.15, -0.1) is 0 Å². The molecule has 1 atom stereocenters. The normalized spacial score (nSPS) is 20.2. The van der Waals surface area contributed by atoms with Crippen LogP contribution in [-0.4, -0.2) is 41.4 Å². The molecule has 0 spiro atoms. The number of aromatic nitrogens is 6. The van der Waals surface area contributed by atoms with Gasteiger partial charge in [-0.1, -0.05) is 0 Å². The molecule has 19 heavy (non-hydrogen) atoms. The first-order valence-corrected chi connectivity index (χ1v) is 6.77. The molecule has 3 rings (SSSR count). The van der Waals surface area contributed by atoms with Crippen LogP contribution in [0.3, 0.4) is 0 Å². The van der Waals surface area contributed by atoms with E-state index in [0.717, 1.165) is 43.5 Å². The van der Waals surface area contributed by atoms with Gasteiger partial charge in [0.2, 0.25) is 0 Å². The minimum atomic E-state index is 0.298. The van der Waals surface area contributed by atoms with Gasteiger partial charge in [-0.05, 0) is 33.2 Å². The van der Waals surface area contributed by atoms with Crippen LogP contribution in [-0.2, 0) is 13.1 Å². The van der Waals surface area contributed by atoms with E-state index in [0.29, 0.717) is 6.04 Å². The number of aryl methyl sites for hydroxylation is 2. The van der Waals surface area contributed by atoms with Gasteiger partial charge in [0, 0.05) is 6.54 Å². The number of H-pyrrole nitrogens is 1. The molecule has 7 nitrogen and oxygen atoms in total.